The molecular formula is C25H32F4N6O3S2. The number of ether oxygens (including phenoxy) is 1. The highest BCUT2D eigenvalue weighted by atomic mass is 32.2. The summed E-state index contributed by atoms with van der Waals surface area (Å²) in [7, 11) is 1.74. The van der Waals surface area contributed by atoms with Crippen LogP contribution in [0.3, 0.4) is 0 Å². The lowest BCUT2D eigenvalue weighted by atomic mass is 10.0. The van der Waals surface area contributed by atoms with Gasteiger partial charge in [-0.25, -0.2) is 9.18 Å². The third-order valence-corrected chi connectivity index (χ3v) is 8.47. The highest BCUT2D eigenvalue weighted by Crippen LogP contribution is 2.50. The topological polar surface area (TPSA) is 113 Å². The minimum atomic E-state index is -4.54. The van der Waals surface area contributed by atoms with Crippen molar-refractivity contribution in [2.24, 2.45) is 5.92 Å². The summed E-state index contributed by atoms with van der Waals surface area (Å²) in [6, 6.07) is 3.54. The number of nitrogens with one attached hydrogen (secondary N) is 4. The maximum atomic E-state index is 14.3. The molecule has 3 atom stereocenters. The molecule has 0 radical (unpaired) electrons. The molecule has 0 saturated carbocycles. The van der Waals surface area contributed by atoms with Crippen LogP contribution in [0.1, 0.15) is 38.6 Å². The van der Waals surface area contributed by atoms with Crippen molar-refractivity contribution in [2.45, 2.75) is 55.3 Å². The van der Waals surface area contributed by atoms with Gasteiger partial charge in [0.15, 0.2) is 0 Å². The molecule has 2 aliphatic heterocycles. The number of urea groups is 1. The molecular weight excluding hydrogens is 572 g/mol. The molecule has 1 aromatic carbocycles. The van der Waals surface area contributed by atoms with E-state index in [4.69, 9.17) is 9.26 Å². The summed E-state index contributed by atoms with van der Waals surface area (Å²) in [5.41, 5.74) is -3.99. The summed E-state index contributed by atoms with van der Waals surface area (Å²) in [6.45, 7) is 6.38. The van der Waals surface area contributed by atoms with Crippen LogP contribution in [0.15, 0.2) is 27.6 Å². The SMILES string of the molecule is COCCC(C)C.O=C1NCC(c2nc(-c3sc4c(NC5CCNCC5F)cccc4c3SC(F)(F)F)no2)N1. The molecule has 9 nitrogen and oxygen atoms in total. The summed E-state index contributed by atoms with van der Waals surface area (Å²) < 4.78 is 65.3. The molecule has 2 aliphatic rings. The first-order chi connectivity index (χ1) is 19.1. The fourth-order valence-corrected chi connectivity index (χ4v) is 6.29. The number of rotatable bonds is 8. The number of anilines is 1. The Balaban J connectivity index is 0.000000470. The van der Waals surface area contributed by atoms with Gasteiger partial charge in [0, 0.05) is 37.1 Å². The number of carbonyl (C=O) groups is 1. The molecule has 15 heteroatoms. The Bertz CT molecular complexity index is 1290. The van der Waals surface area contributed by atoms with Crippen molar-refractivity contribution < 1.29 is 31.6 Å². The van der Waals surface area contributed by atoms with Crippen molar-refractivity contribution in [1.29, 1.82) is 0 Å². The molecule has 0 spiro atoms. The van der Waals surface area contributed by atoms with Gasteiger partial charge in [0.2, 0.25) is 5.82 Å². The van der Waals surface area contributed by atoms with Crippen molar-refractivity contribution in [3.63, 3.8) is 0 Å². The third-order valence-electron chi connectivity index (χ3n) is 6.25. The first-order valence-electron chi connectivity index (χ1n) is 12.9. The van der Waals surface area contributed by atoms with Crippen LogP contribution in [0.2, 0.25) is 0 Å². The van der Waals surface area contributed by atoms with E-state index in [1.807, 2.05) is 0 Å². The summed E-state index contributed by atoms with van der Waals surface area (Å²) >= 11 is 0.832. The Hall–Kier alpha value is -2.62. The van der Waals surface area contributed by atoms with Gasteiger partial charge in [0.05, 0.1) is 21.3 Å². The van der Waals surface area contributed by atoms with E-state index in [0.717, 1.165) is 23.9 Å². The number of piperidine rings is 1. The number of amides is 2. The van der Waals surface area contributed by atoms with E-state index < -0.39 is 29.8 Å². The van der Waals surface area contributed by atoms with E-state index in [1.54, 1.807) is 25.3 Å². The molecule has 2 aromatic heterocycles. The van der Waals surface area contributed by atoms with Gasteiger partial charge in [-0.1, -0.05) is 31.1 Å². The number of aromatic nitrogens is 2. The van der Waals surface area contributed by atoms with E-state index >= 15 is 0 Å². The number of hydrogen-bond donors (Lipinski definition) is 4. The van der Waals surface area contributed by atoms with Crippen LogP contribution in [0.25, 0.3) is 20.8 Å². The van der Waals surface area contributed by atoms with Crippen molar-refractivity contribution in [3.8, 4) is 10.7 Å². The predicted molar refractivity (Wildman–Crippen MR) is 147 cm³/mol. The van der Waals surface area contributed by atoms with Gasteiger partial charge < -0.3 is 30.5 Å². The second kappa shape index (κ2) is 13.4. The Morgan fingerprint density at radius 2 is 2.10 bits per heavy atom. The maximum Gasteiger partial charge on any atom is 0.446 e. The average molecular weight is 605 g/mol. The standard InChI is InChI=1S/C19H18F4N6O2S2.C6H14O/c20-9-6-24-5-4-10(9)26-11-3-1-2-8-13(11)32-15(14(8)33-19(21,22)23)16-28-17(31-29-16)12-7-25-18(30)27-12;1-6(2)4-5-7-3/h1-3,9-10,12,24,26H,4-7H2,(H2,25,27,30);6H,4-5H2,1-3H3. The lowest BCUT2D eigenvalue weighted by molar-refractivity contribution is -0.0327. The number of thiophene rings is 1. The lowest BCUT2D eigenvalue weighted by Crippen LogP contribution is -2.45. The molecule has 220 valence electrons. The van der Waals surface area contributed by atoms with Crippen molar-refractivity contribution in [2.75, 3.05) is 38.7 Å². The Labute approximate surface area is 237 Å². The maximum absolute atomic E-state index is 14.3. The van der Waals surface area contributed by atoms with Crippen molar-refractivity contribution in [1.82, 2.24) is 26.1 Å². The number of methoxy groups -OCH3 is 1. The third kappa shape index (κ3) is 7.77. The zero-order chi connectivity index (χ0) is 28.9. The molecule has 5 rings (SSSR count). The van der Waals surface area contributed by atoms with Gasteiger partial charge in [0.1, 0.15) is 12.2 Å². The molecule has 0 aliphatic carbocycles. The van der Waals surface area contributed by atoms with Crippen LogP contribution in [-0.2, 0) is 4.74 Å². The van der Waals surface area contributed by atoms with Crippen molar-refractivity contribution in [3.05, 3.63) is 24.1 Å². The molecule has 4 heterocycles. The van der Waals surface area contributed by atoms with Crippen LogP contribution >= 0.6 is 23.1 Å². The number of fused-ring (bicyclic) bond motifs is 1. The number of hydrogen-bond acceptors (Lipinski definition) is 9. The fourth-order valence-electron chi connectivity index (χ4n) is 4.18. The lowest BCUT2D eigenvalue weighted by Gasteiger charge is -2.28. The monoisotopic (exact) mass is 604 g/mol. The second-order valence-corrected chi connectivity index (χ2v) is 11.9. The normalized spacial score (nSPS) is 21.2. The Kier molecular flexibility index (Phi) is 10.1. The summed E-state index contributed by atoms with van der Waals surface area (Å²) in [5, 5.41) is 15.5. The number of benzene rings is 1. The number of alkyl halides is 4. The van der Waals surface area contributed by atoms with Gasteiger partial charge in [-0.15, -0.1) is 11.3 Å². The number of halogens is 4. The van der Waals surface area contributed by atoms with Gasteiger partial charge in [-0.2, -0.15) is 18.2 Å². The van der Waals surface area contributed by atoms with E-state index in [0.29, 0.717) is 28.7 Å². The van der Waals surface area contributed by atoms with Gasteiger partial charge in [-0.05, 0) is 43.1 Å². The molecule has 2 fully saturated rings. The second-order valence-electron chi connectivity index (χ2n) is 9.79. The zero-order valence-corrected chi connectivity index (χ0v) is 23.9. The number of carbonyl (C=O) groups excluding carboxylic acids is 1. The summed E-state index contributed by atoms with van der Waals surface area (Å²) in [5.74, 6) is 0.868. The molecule has 0 bridgehead atoms. The predicted octanol–water partition coefficient (Wildman–Crippen LogP) is 5.71. The first kappa shape index (κ1) is 30.3. The minimum Gasteiger partial charge on any atom is -0.385 e. The summed E-state index contributed by atoms with van der Waals surface area (Å²) in [6.07, 6.45) is 0.610. The van der Waals surface area contributed by atoms with Crippen molar-refractivity contribution >= 4 is 44.9 Å². The van der Waals surface area contributed by atoms with Crippen LogP contribution < -0.4 is 21.3 Å². The van der Waals surface area contributed by atoms with Crippen LogP contribution in [0.5, 0.6) is 0 Å². The van der Waals surface area contributed by atoms with Crippen LogP contribution in [0.4, 0.5) is 28.0 Å². The highest BCUT2D eigenvalue weighted by molar-refractivity contribution is 8.00. The molecule has 40 heavy (non-hydrogen) atoms. The minimum absolute atomic E-state index is 0.00437. The molecule has 3 unspecified atom stereocenters. The smallest absolute Gasteiger partial charge is 0.385 e. The Morgan fingerprint density at radius 1 is 1.30 bits per heavy atom. The molecule has 3 aromatic rings. The fraction of sp³-hybridized carbons (Fsp3) is 0.560. The zero-order valence-electron chi connectivity index (χ0n) is 22.2. The van der Waals surface area contributed by atoms with Crippen LogP contribution in [0, 0.1) is 5.92 Å². The number of thioether (sulfide) groups is 1. The quantitative estimate of drug-likeness (QED) is 0.191. The van der Waals surface area contributed by atoms with Crippen LogP contribution in [-0.4, -0.2) is 67.2 Å². The molecule has 2 amide bonds. The summed E-state index contributed by atoms with van der Waals surface area (Å²) in [4.78, 5) is 15.8. The first-order valence-corrected chi connectivity index (χ1v) is 14.5. The largest absolute Gasteiger partial charge is 0.446 e. The highest BCUT2D eigenvalue weighted by Gasteiger charge is 2.35. The Morgan fingerprint density at radius 3 is 2.73 bits per heavy atom. The van der Waals surface area contributed by atoms with Gasteiger partial charge >= 0.3 is 11.5 Å². The average Bonchev–Trinajstić information content (AvgIpc) is 3.63. The van der Waals surface area contributed by atoms with E-state index in [9.17, 15) is 22.4 Å². The molecule has 4 N–H and O–H groups in total. The molecule has 2 saturated heterocycles. The van der Waals surface area contributed by atoms with E-state index in [2.05, 4.69) is 45.3 Å². The van der Waals surface area contributed by atoms with Gasteiger partial charge in [0.25, 0.3) is 5.89 Å². The van der Waals surface area contributed by atoms with E-state index in [1.165, 1.54) is 6.42 Å². The van der Waals surface area contributed by atoms with Gasteiger partial charge in [-0.3, -0.25) is 0 Å². The number of nitrogens with zero attached hydrogens (tertiary/aromatic N) is 2. The van der Waals surface area contributed by atoms with E-state index in [-0.39, 0.29) is 46.3 Å².